The van der Waals surface area contributed by atoms with Gasteiger partial charge >= 0.3 is 0 Å². The highest BCUT2D eigenvalue weighted by Crippen LogP contribution is 2.29. The highest BCUT2D eigenvalue weighted by atomic mass is 79.9. The molecule has 0 spiro atoms. The van der Waals surface area contributed by atoms with Gasteiger partial charge in [0.1, 0.15) is 5.75 Å². The summed E-state index contributed by atoms with van der Waals surface area (Å²) in [4.78, 5) is 0. The minimum atomic E-state index is -0.244. The van der Waals surface area contributed by atoms with Crippen LogP contribution in [0.5, 0.6) is 5.75 Å². The van der Waals surface area contributed by atoms with Gasteiger partial charge in [0.15, 0.2) is 0 Å². The van der Waals surface area contributed by atoms with E-state index < -0.39 is 0 Å². The van der Waals surface area contributed by atoms with Crippen molar-refractivity contribution in [1.29, 1.82) is 0 Å². The molecular formula is C14H22BrNO2. The lowest BCUT2D eigenvalue weighted by molar-refractivity contribution is 0.181. The van der Waals surface area contributed by atoms with Crippen molar-refractivity contribution in [3.63, 3.8) is 0 Å². The number of aliphatic hydroxyl groups is 1. The number of hydrogen-bond acceptors (Lipinski definition) is 3. The molecule has 1 aromatic carbocycles. The van der Waals surface area contributed by atoms with Gasteiger partial charge in [-0.15, -0.1) is 0 Å². The normalized spacial score (nSPS) is 14.4. The number of hydrogen-bond donors (Lipinski definition) is 3. The third kappa shape index (κ3) is 4.96. The smallest absolute Gasteiger partial charge is 0.120 e. The lowest BCUT2D eigenvalue weighted by Gasteiger charge is -2.19. The molecule has 1 aromatic rings. The highest BCUT2D eigenvalue weighted by molar-refractivity contribution is 9.10. The number of nitrogens with one attached hydrogen (secondary N) is 1. The maximum Gasteiger partial charge on any atom is 0.120 e. The largest absolute Gasteiger partial charge is 0.508 e. The second-order valence-corrected chi connectivity index (χ2v) is 5.53. The van der Waals surface area contributed by atoms with Gasteiger partial charge in [-0.1, -0.05) is 22.9 Å². The van der Waals surface area contributed by atoms with Gasteiger partial charge in [0.25, 0.3) is 0 Å². The summed E-state index contributed by atoms with van der Waals surface area (Å²) in [6.45, 7) is 4.74. The van der Waals surface area contributed by atoms with Crippen molar-refractivity contribution < 1.29 is 10.2 Å². The van der Waals surface area contributed by atoms with Crippen LogP contribution in [-0.4, -0.2) is 22.9 Å². The highest BCUT2D eigenvalue weighted by Gasteiger charge is 2.13. The average molecular weight is 316 g/mol. The van der Waals surface area contributed by atoms with Crippen molar-refractivity contribution in [2.45, 2.75) is 45.3 Å². The summed E-state index contributed by atoms with van der Waals surface area (Å²) in [6.07, 6.45) is 2.40. The lowest BCUT2D eigenvalue weighted by atomic mass is 10.0. The van der Waals surface area contributed by atoms with Gasteiger partial charge in [0.05, 0.1) is 6.10 Å². The molecule has 3 N–H and O–H groups in total. The number of phenolic OH excluding ortho intramolecular Hbond substituents is 1. The molecular weight excluding hydrogens is 294 g/mol. The van der Waals surface area contributed by atoms with Gasteiger partial charge in [-0.05, 0) is 50.9 Å². The molecule has 0 aromatic heterocycles. The first-order valence-electron chi connectivity index (χ1n) is 6.44. The van der Waals surface area contributed by atoms with Crippen molar-refractivity contribution in [3.8, 4) is 5.75 Å². The number of aromatic hydroxyl groups is 1. The Kier molecular flexibility index (Phi) is 6.68. The molecule has 0 fully saturated rings. The van der Waals surface area contributed by atoms with E-state index in [-0.39, 0.29) is 12.1 Å². The van der Waals surface area contributed by atoms with Crippen LogP contribution in [0.25, 0.3) is 0 Å². The fraction of sp³-hybridized carbons (Fsp3) is 0.571. The van der Waals surface area contributed by atoms with Gasteiger partial charge < -0.3 is 15.5 Å². The number of benzene rings is 1. The van der Waals surface area contributed by atoms with Crippen molar-refractivity contribution in [2.75, 3.05) is 6.54 Å². The van der Waals surface area contributed by atoms with Gasteiger partial charge in [0.2, 0.25) is 0 Å². The zero-order chi connectivity index (χ0) is 13.5. The predicted molar refractivity (Wildman–Crippen MR) is 77.8 cm³/mol. The van der Waals surface area contributed by atoms with E-state index in [4.69, 9.17) is 0 Å². The van der Waals surface area contributed by atoms with E-state index >= 15 is 0 Å². The predicted octanol–water partition coefficient (Wildman–Crippen LogP) is 3.36. The summed E-state index contributed by atoms with van der Waals surface area (Å²) in [7, 11) is 0. The van der Waals surface area contributed by atoms with Crippen molar-refractivity contribution >= 4 is 15.9 Å². The molecule has 102 valence electrons. The zero-order valence-corrected chi connectivity index (χ0v) is 12.6. The van der Waals surface area contributed by atoms with Crippen LogP contribution in [0.2, 0.25) is 0 Å². The van der Waals surface area contributed by atoms with Gasteiger partial charge in [-0.25, -0.2) is 0 Å². The van der Waals surface area contributed by atoms with Gasteiger partial charge in [-0.3, -0.25) is 0 Å². The quantitative estimate of drug-likeness (QED) is 0.676. The van der Waals surface area contributed by atoms with E-state index in [0.717, 1.165) is 35.8 Å². The Hall–Kier alpha value is -0.580. The summed E-state index contributed by atoms with van der Waals surface area (Å²) in [6, 6.07) is 5.64. The molecule has 3 nitrogen and oxygen atoms in total. The minimum Gasteiger partial charge on any atom is -0.508 e. The molecule has 0 radical (unpaired) electrons. The van der Waals surface area contributed by atoms with Crippen LogP contribution >= 0.6 is 15.9 Å². The summed E-state index contributed by atoms with van der Waals surface area (Å²) < 4.78 is 0.972. The van der Waals surface area contributed by atoms with E-state index in [1.165, 1.54) is 0 Å². The Labute approximate surface area is 117 Å². The van der Waals surface area contributed by atoms with Crippen molar-refractivity contribution in [2.24, 2.45) is 0 Å². The van der Waals surface area contributed by atoms with Crippen LogP contribution in [0.4, 0.5) is 0 Å². The zero-order valence-electron chi connectivity index (χ0n) is 11.0. The van der Waals surface area contributed by atoms with E-state index in [0.29, 0.717) is 5.75 Å². The van der Waals surface area contributed by atoms with E-state index in [9.17, 15) is 10.2 Å². The first-order chi connectivity index (χ1) is 8.54. The standard InChI is InChI=1S/C14H22BrNO2/c1-3-13(16-8-4-5-10(2)17)12-9-11(15)6-7-14(12)18/h6-7,9-10,13,16-18H,3-5,8H2,1-2H3. The summed E-state index contributed by atoms with van der Waals surface area (Å²) >= 11 is 3.42. The Balaban J connectivity index is 2.57. The number of phenols is 1. The summed E-state index contributed by atoms with van der Waals surface area (Å²) in [5.74, 6) is 0.327. The van der Waals surface area contributed by atoms with Crippen LogP contribution in [0, 0.1) is 0 Å². The first-order valence-corrected chi connectivity index (χ1v) is 7.23. The van der Waals surface area contributed by atoms with Crippen LogP contribution in [0.15, 0.2) is 22.7 Å². The molecule has 2 atom stereocenters. The molecule has 2 unspecified atom stereocenters. The number of aliphatic hydroxyl groups excluding tert-OH is 1. The average Bonchev–Trinajstić information content (AvgIpc) is 2.33. The van der Waals surface area contributed by atoms with Crippen molar-refractivity contribution in [3.05, 3.63) is 28.2 Å². The Morgan fingerprint density at radius 2 is 2.11 bits per heavy atom. The minimum absolute atomic E-state index is 0.150. The van der Waals surface area contributed by atoms with Crippen LogP contribution in [0.1, 0.15) is 44.7 Å². The summed E-state index contributed by atoms with van der Waals surface area (Å²) in [5, 5.41) is 22.5. The fourth-order valence-electron chi connectivity index (χ4n) is 1.95. The molecule has 0 aliphatic carbocycles. The molecule has 0 saturated carbocycles. The lowest BCUT2D eigenvalue weighted by Crippen LogP contribution is -2.22. The van der Waals surface area contributed by atoms with Gasteiger partial charge in [0, 0.05) is 16.1 Å². The van der Waals surface area contributed by atoms with Crippen LogP contribution < -0.4 is 5.32 Å². The Morgan fingerprint density at radius 3 is 2.72 bits per heavy atom. The Morgan fingerprint density at radius 1 is 1.39 bits per heavy atom. The van der Waals surface area contributed by atoms with E-state index in [1.807, 2.05) is 12.1 Å². The SMILES string of the molecule is CCC(NCCCC(C)O)c1cc(Br)ccc1O. The topological polar surface area (TPSA) is 52.5 Å². The van der Waals surface area contributed by atoms with Crippen molar-refractivity contribution in [1.82, 2.24) is 5.32 Å². The van der Waals surface area contributed by atoms with Gasteiger partial charge in [-0.2, -0.15) is 0 Å². The third-order valence-corrected chi connectivity index (χ3v) is 3.46. The molecule has 4 heteroatoms. The molecule has 0 aliphatic rings. The van der Waals surface area contributed by atoms with Crippen LogP contribution in [-0.2, 0) is 0 Å². The first kappa shape index (κ1) is 15.5. The molecule has 18 heavy (non-hydrogen) atoms. The molecule has 0 bridgehead atoms. The summed E-state index contributed by atoms with van der Waals surface area (Å²) in [5.41, 5.74) is 0.920. The molecule has 1 rings (SSSR count). The monoisotopic (exact) mass is 315 g/mol. The molecule has 0 saturated heterocycles. The van der Waals surface area contributed by atoms with E-state index in [1.54, 1.807) is 13.0 Å². The fourth-order valence-corrected chi connectivity index (χ4v) is 2.33. The molecule has 0 aliphatic heterocycles. The number of rotatable bonds is 7. The third-order valence-electron chi connectivity index (χ3n) is 2.96. The van der Waals surface area contributed by atoms with Crippen LogP contribution in [0.3, 0.4) is 0 Å². The maximum atomic E-state index is 9.88. The number of halogens is 1. The van der Waals surface area contributed by atoms with E-state index in [2.05, 4.69) is 28.2 Å². The molecule has 0 heterocycles. The maximum absolute atomic E-state index is 9.88. The second kappa shape index (κ2) is 7.77. The Bertz CT molecular complexity index is 369. The molecule has 0 amide bonds. The second-order valence-electron chi connectivity index (χ2n) is 4.61.